The number of carbonyl (C=O) groups excluding carboxylic acids is 4. The van der Waals surface area contributed by atoms with E-state index >= 15 is 0 Å². The number of anilines is 1. The summed E-state index contributed by atoms with van der Waals surface area (Å²) in [4.78, 5) is 59.4. The van der Waals surface area contributed by atoms with Crippen LogP contribution in [-0.4, -0.2) is 61.8 Å². The number of piperidine rings is 1. The van der Waals surface area contributed by atoms with Gasteiger partial charge in [0.15, 0.2) is 11.4 Å². The zero-order chi connectivity index (χ0) is 37.7. The van der Waals surface area contributed by atoms with E-state index in [1.807, 2.05) is 48.5 Å². The molecule has 4 amide bonds. The molecule has 0 radical (unpaired) electrons. The van der Waals surface area contributed by atoms with Gasteiger partial charge in [-0.05, 0) is 60.0 Å². The molecule has 1 saturated heterocycles. The molecule has 2 fully saturated rings. The fourth-order valence-electron chi connectivity index (χ4n) is 7.01. The minimum Gasteiger partial charge on any atom is -0.490 e. The number of rotatable bonds is 10. The molecular formula is C40H35FN6O7. The van der Waals surface area contributed by atoms with Gasteiger partial charge < -0.3 is 19.3 Å². The molecule has 1 saturated carbocycles. The van der Waals surface area contributed by atoms with Crippen molar-refractivity contribution in [2.75, 3.05) is 5.32 Å². The molecule has 3 aromatic carbocycles. The Hall–Kier alpha value is -6.44. The van der Waals surface area contributed by atoms with Crippen molar-refractivity contribution in [3.8, 4) is 28.8 Å². The van der Waals surface area contributed by atoms with Crippen LogP contribution < -0.4 is 20.1 Å². The molecule has 2 N–H and O–H groups in total. The van der Waals surface area contributed by atoms with Crippen LogP contribution >= 0.6 is 0 Å². The average molecular weight is 731 g/mol. The largest absolute Gasteiger partial charge is 0.490 e. The standard InChI is InChI=1S/C40H35FN6O7/c1-21-43-36(46-54-21)35-33(16-24(41)20-42-35)53-28-11-6-23(7-12-28)40(2,3)22-4-9-27(10-5-22)52-29-17-26(18-29)44-25-8-13-30-31(19-25)39(51)47(38(30)50)32-14-15-34(48)45-37(32)49/h4-13,16,19-20,26,29,32,44H,14-15,17-18H2,1-3H3,(H,45,48,49). The molecule has 0 bridgehead atoms. The molecule has 3 aliphatic rings. The molecule has 0 spiro atoms. The number of halogens is 1. The van der Waals surface area contributed by atoms with Gasteiger partial charge >= 0.3 is 0 Å². The fourth-order valence-corrected chi connectivity index (χ4v) is 7.01. The summed E-state index contributed by atoms with van der Waals surface area (Å²) in [6.07, 6.45) is 2.76. The molecule has 5 aromatic rings. The first-order chi connectivity index (χ1) is 25.9. The number of aromatic nitrogens is 3. The number of imide groups is 2. The fraction of sp³-hybridized carbons (Fsp3) is 0.275. The Morgan fingerprint density at radius 1 is 0.907 bits per heavy atom. The summed E-state index contributed by atoms with van der Waals surface area (Å²) in [5.41, 5.74) is 3.23. The number of fused-ring (bicyclic) bond motifs is 1. The Kier molecular flexibility index (Phi) is 8.67. The Morgan fingerprint density at radius 2 is 1.59 bits per heavy atom. The minimum atomic E-state index is -1.00. The lowest BCUT2D eigenvalue weighted by atomic mass is 9.78. The second kappa shape index (κ2) is 13.5. The number of benzene rings is 3. The van der Waals surface area contributed by atoms with E-state index in [0.29, 0.717) is 17.3 Å². The number of hydrogen-bond donors (Lipinski definition) is 2. The van der Waals surface area contributed by atoms with Crippen LogP contribution in [0.15, 0.2) is 83.5 Å². The smallest absolute Gasteiger partial charge is 0.262 e. The van der Waals surface area contributed by atoms with Crippen molar-refractivity contribution < 1.29 is 37.6 Å². The maximum atomic E-state index is 14.1. The van der Waals surface area contributed by atoms with Crippen LogP contribution in [0.5, 0.6) is 17.2 Å². The second-order valence-corrected chi connectivity index (χ2v) is 14.2. The van der Waals surface area contributed by atoms with E-state index < -0.39 is 35.5 Å². The van der Waals surface area contributed by atoms with Gasteiger partial charge in [-0.15, -0.1) is 0 Å². The zero-order valence-electron chi connectivity index (χ0n) is 29.6. The Bertz CT molecular complexity index is 2300. The molecule has 14 heteroatoms. The summed E-state index contributed by atoms with van der Waals surface area (Å²) in [6, 6.07) is 20.9. The number of nitrogens with zero attached hydrogens (tertiary/aromatic N) is 4. The molecule has 1 atom stereocenters. The summed E-state index contributed by atoms with van der Waals surface area (Å²) in [5, 5.41) is 9.51. The molecular weight excluding hydrogens is 695 g/mol. The first-order valence-corrected chi connectivity index (χ1v) is 17.6. The van der Waals surface area contributed by atoms with Crippen LogP contribution in [-0.2, 0) is 15.0 Å². The maximum Gasteiger partial charge on any atom is 0.262 e. The van der Waals surface area contributed by atoms with Crippen LogP contribution in [0.3, 0.4) is 0 Å². The molecule has 8 rings (SSSR count). The van der Waals surface area contributed by atoms with Crippen LogP contribution in [0, 0.1) is 12.7 Å². The normalized spacial score (nSPS) is 19.6. The lowest BCUT2D eigenvalue weighted by Gasteiger charge is -2.36. The van der Waals surface area contributed by atoms with Crippen LogP contribution in [0.4, 0.5) is 10.1 Å². The van der Waals surface area contributed by atoms with Crippen molar-refractivity contribution >= 4 is 29.3 Å². The molecule has 2 aliphatic heterocycles. The zero-order valence-corrected chi connectivity index (χ0v) is 29.6. The molecule has 4 heterocycles. The highest BCUT2D eigenvalue weighted by molar-refractivity contribution is 6.23. The highest BCUT2D eigenvalue weighted by Gasteiger charge is 2.45. The van der Waals surface area contributed by atoms with Gasteiger partial charge in [0, 0.05) is 49.4 Å². The third-order valence-corrected chi connectivity index (χ3v) is 10.1. The predicted molar refractivity (Wildman–Crippen MR) is 191 cm³/mol. The van der Waals surface area contributed by atoms with Gasteiger partial charge in [0.2, 0.25) is 23.5 Å². The lowest BCUT2D eigenvalue weighted by Crippen LogP contribution is -2.54. The Balaban J connectivity index is 0.854. The van der Waals surface area contributed by atoms with Crippen LogP contribution in [0.1, 0.15) is 77.3 Å². The van der Waals surface area contributed by atoms with Gasteiger partial charge in [0.25, 0.3) is 11.8 Å². The molecule has 54 heavy (non-hydrogen) atoms. The van der Waals surface area contributed by atoms with E-state index in [-0.39, 0.29) is 58.8 Å². The van der Waals surface area contributed by atoms with Gasteiger partial charge in [0.05, 0.1) is 17.3 Å². The minimum absolute atomic E-state index is 0.00690. The van der Waals surface area contributed by atoms with Gasteiger partial charge in [-0.2, -0.15) is 4.98 Å². The van der Waals surface area contributed by atoms with Gasteiger partial charge in [-0.3, -0.25) is 29.4 Å². The number of aryl methyl sites for hydroxylation is 1. The second-order valence-electron chi connectivity index (χ2n) is 14.2. The van der Waals surface area contributed by atoms with Crippen molar-refractivity contribution in [3.05, 3.63) is 113 Å². The monoisotopic (exact) mass is 730 g/mol. The third kappa shape index (κ3) is 6.55. The predicted octanol–water partition coefficient (Wildman–Crippen LogP) is 6.12. The van der Waals surface area contributed by atoms with Crippen LogP contribution in [0.2, 0.25) is 0 Å². The molecule has 274 valence electrons. The van der Waals surface area contributed by atoms with E-state index in [1.165, 1.54) is 6.07 Å². The summed E-state index contributed by atoms with van der Waals surface area (Å²) >= 11 is 0. The Morgan fingerprint density at radius 3 is 2.26 bits per heavy atom. The number of nitrogens with one attached hydrogen (secondary N) is 2. The summed E-state index contributed by atoms with van der Waals surface area (Å²) in [5.74, 6) is -0.676. The highest BCUT2D eigenvalue weighted by atomic mass is 19.1. The van der Waals surface area contributed by atoms with E-state index in [0.717, 1.165) is 40.8 Å². The highest BCUT2D eigenvalue weighted by Crippen LogP contribution is 2.37. The topological polar surface area (TPSA) is 166 Å². The first-order valence-electron chi connectivity index (χ1n) is 17.6. The van der Waals surface area contributed by atoms with E-state index in [1.54, 1.807) is 25.1 Å². The lowest BCUT2D eigenvalue weighted by molar-refractivity contribution is -0.136. The van der Waals surface area contributed by atoms with Crippen molar-refractivity contribution in [1.29, 1.82) is 0 Å². The first kappa shape index (κ1) is 34.6. The van der Waals surface area contributed by atoms with E-state index in [9.17, 15) is 23.6 Å². The van der Waals surface area contributed by atoms with Gasteiger partial charge in [-0.1, -0.05) is 43.3 Å². The average Bonchev–Trinajstić information content (AvgIpc) is 3.67. The Labute approximate surface area is 308 Å². The SMILES string of the molecule is Cc1nc(-c2ncc(F)cc2Oc2ccc(C(C)(C)c3ccc(OC4CC(Nc5ccc6c(c5)C(=O)N(C5CCC(=O)NC5=O)C6=O)C4)cc3)cc2)no1. The molecule has 2 aromatic heterocycles. The number of pyridine rings is 1. The third-order valence-electron chi connectivity index (χ3n) is 10.1. The molecule has 13 nitrogen and oxygen atoms in total. The van der Waals surface area contributed by atoms with Crippen molar-refractivity contribution in [3.63, 3.8) is 0 Å². The molecule has 1 unspecified atom stereocenters. The van der Waals surface area contributed by atoms with Crippen LogP contribution in [0.25, 0.3) is 11.5 Å². The number of amides is 4. The van der Waals surface area contributed by atoms with Crippen molar-refractivity contribution in [2.45, 2.75) is 70.1 Å². The summed E-state index contributed by atoms with van der Waals surface area (Å²) in [7, 11) is 0. The van der Waals surface area contributed by atoms with Gasteiger partial charge in [-0.25, -0.2) is 9.37 Å². The molecule has 1 aliphatic carbocycles. The van der Waals surface area contributed by atoms with E-state index in [4.69, 9.17) is 14.0 Å². The number of carbonyl (C=O) groups is 4. The number of hydrogen-bond acceptors (Lipinski definition) is 11. The van der Waals surface area contributed by atoms with Crippen molar-refractivity contribution in [1.82, 2.24) is 25.3 Å². The summed E-state index contributed by atoms with van der Waals surface area (Å²) < 4.78 is 31.4. The van der Waals surface area contributed by atoms with Gasteiger partial charge in [0.1, 0.15) is 29.5 Å². The van der Waals surface area contributed by atoms with E-state index in [2.05, 4.69) is 39.6 Å². The quantitative estimate of drug-likeness (QED) is 0.159. The van der Waals surface area contributed by atoms with Crippen molar-refractivity contribution in [2.24, 2.45) is 0 Å². The maximum absolute atomic E-state index is 14.1. The summed E-state index contributed by atoms with van der Waals surface area (Å²) in [6.45, 7) is 5.91. The number of ether oxygens (including phenoxy) is 2.